The van der Waals surface area contributed by atoms with Gasteiger partial charge in [0.2, 0.25) is 5.91 Å². The van der Waals surface area contributed by atoms with Crippen LogP contribution in [-0.2, 0) is 32.3 Å². The summed E-state index contributed by atoms with van der Waals surface area (Å²) in [7, 11) is -3.00. The fourth-order valence-corrected chi connectivity index (χ4v) is 5.25. The molecule has 0 aliphatic carbocycles. The molecule has 7 nitrogen and oxygen atoms in total. The Morgan fingerprint density at radius 2 is 2.17 bits per heavy atom. The maximum atomic E-state index is 11.7. The maximum absolute atomic E-state index is 11.7. The van der Waals surface area contributed by atoms with Gasteiger partial charge < -0.3 is 9.84 Å². The van der Waals surface area contributed by atoms with E-state index in [1.807, 2.05) is 0 Å². The first-order valence-electron chi connectivity index (χ1n) is 7.12. The van der Waals surface area contributed by atoms with Crippen LogP contribution in [0.3, 0.4) is 0 Å². The van der Waals surface area contributed by atoms with Gasteiger partial charge in [-0.1, -0.05) is 5.16 Å². The molecule has 1 amide bonds. The van der Waals surface area contributed by atoms with Gasteiger partial charge in [0, 0.05) is 11.8 Å². The molecular formula is C14H17N3O4S2. The van der Waals surface area contributed by atoms with E-state index in [9.17, 15) is 13.2 Å². The average Bonchev–Trinajstić information content (AvgIpc) is 3.00. The maximum Gasteiger partial charge on any atom is 0.268 e. The second-order valence-electron chi connectivity index (χ2n) is 6.13. The molecule has 2 aromatic heterocycles. The van der Waals surface area contributed by atoms with E-state index < -0.39 is 15.4 Å². The molecule has 0 atom stereocenters. The molecule has 0 saturated heterocycles. The molecule has 0 unspecified atom stereocenters. The van der Waals surface area contributed by atoms with Crippen molar-refractivity contribution in [2.24, 2.45) is 0 Å². The number of aryl methyl sites for hydroxylation is 1. The highest BCUT2D eigenvalue weighted by molar-refractivity contribution is 7.90. The molecule has 1 aliphatic rings. The quantitative estimate of drug-likeness (QED) is 0.898. The summed E-state index contributed by atoms with van der Waals surface area (Å²) in [6.45, 7) is 5.00. The number of hydrogen-bond donors (Lipinski definition) is 1. The summed E-state index contributed by atoms with van der Waals surface area (Å²) in [5, 5.41) is 6.70. The van der Waals surface area contributed by atoms with Gasteiger partial charge in [-0.2, -0.15) is 4.98 Å². The fraction of sp³-hybridized carbons (Fsp3) is 0.500. The van der Waals surface area contributed by atoms with Crippen LogP contribution in [0.5, 0.6) is 0 Å². The smallest absolute Gasteiger partial charge is 0.268 e. The molecule has 0 fully saturated rings. The summed E-state index contributed by atoms with van der Waals surface area (Å²) in [5.74, 6) is 0.789. The third-order valence-corrected chi connectivity index (χ3v) is 6.40. The van der Waals surface area contributed by atoms with Crippen molar-refractivity contribution < 1.29 is 17.7 Å². The van der Waals surface area contributed by atoms with E-state index in [4.69, 9.17) is 4.52 Å². The molecule has 1 aliphatic heterocycles. The standard InChI is InChI=1S/C14H17N3O4S2/c1-8(18)16-14(2,3)13-15-12(21-17-13)11-6-9-7-23(19,20)5-4-10(9)22-11/h6H,4-5,7H2,1-3H3,(H,16,18). The van der Waals surface area contributed by atoms with Gasteiger partial charge in [-0.05, 0) is 31.9 Å². The lowest BCUT2D eigenvalue weighted by Crippen LogP contribution is -2.40. The van der Waals surface area contributed by atoms with Gasteiger partial charge in [0.25, 0.3) is 5.89 Å². The van der Waals surface area contributed by atoms with Crippen molar-refractivity contribution in [2.75, 3.05) is 5.75 Å². The van der Waals surface area contributed by atoms with Crippen LogP contribution in [0.25, 0.3) is 10.8 Å². The lowest BCUT2D eigenvalue weighted by atomic mass is 10.1. The van der Waals surface area contributed by atoms with E-state index >= 15 is 0 Å². The van der Waals surface area contributed by atoms with E-state index in [1.165, 1.54) is 18.3 Å². The summed E-state index contributed by atoms with van der Waals surface area (Å²) < 4.78 is 28.7. The molecule has 2 aromatic rings. The van der Waals surface area contributed by atoms with Gasteiger partial charge in [0.05, 0.1) is 21.9 Å². The molecule has 3 heterocycles. The topological polar surface area (TPSA) is 102 Å². The van der Waals surface area contributed by atoms with Gasteiger partial charge in [-0.3, -0.25) is 4.79 Å². The minimum absolute atomic E-state index is 0.0667. The number of aromatic nitrogens is 2. The van der Waals surface area contributed by atoms with Crippen molar-refractivity contribution >= 4 is 27.1 Å². The lowest BCUT2D eigenvalue weighted by Gasteiger charge is -2.20. The van der Waals surface area contributed by atoms with E-state index in [-0.39, 0.29) is 17.4 Å². The highest BCUT2D eigenvalue weighted by atomic mass is 32.2. The Morgan fingerprint density at radius 3 is 2.87 bits per heavy atom. The summed E-state index contributed by atoms with van der Waals surface area (Å²) >= 11 is 1.48. The molecule has 9 heteroatoms. The van der Waals surface area contributed by atoms with Gasteiger partial charge in [0.15, 0.2) is 15.7 Å². The van der Waals surface area contributed by atoms with E-state index in [0.717, 1.165) is 15.3 Å². The monoisotopic (exact) mass is 355 g/mol. The molecule has 0 saturated carbocycles. The first kappa shape index (κ1) is 16.1. The number of hydrogen-bond acceptors (Lipinski definition) is 7. The normalized spacial score (nSPS) is 16.8. The molecule has 23 heavy (non-hydrogen) atoms. The number of rotatable bonds is 3. The predicted molar refractivity (Wildman–Crippen MR) is 85.6 cm³/mol. The zero-order valence-corrected chi connectivity index (χ0v) is 14.7. The largest absolute Gasteiger partial charge is 0.344 e. The average molecular weight is 355 g/mol. The highest BCUT2D eigenvalue weighted by Gasteiger charge is 2.29. The third kappa shape index (κ3) is 3.30. The number of nitrogens with one attached hydrogen (secondary N) is 1. The Balaban J connectivity index is 1.90. The summed E-state index contributed by atoms with van der Waals surface area (Å²) in [5.41, 5.74) is 0.0745. The van der Waals surface area contributed by atoms with Crippen molar-refractivity contribution in [3.8, 4) is 10.8 Å². The van der Waals surface area contributed by atoms with Crippen molar-refractivity contribution in [1.29, 1.82) is 0 Å². The number of carbonyl (C=O) groups excluding carboxylic acids is 1. The first-order chi connectivity index (χ1) is 10.7. The highest BCUT2D eigenvalue weighted by Crippen LogP contribution is 2.35. The Kier molecular flexibility index (Phi) is 3.80. The van der Waals surface area contributed by atoms with Crippen LogP contribution >= 0.6 is 11.3 Å². The molecule has 0 aromatic carbocycles. The van der Waals surface area contributed by atoms with E-state index in [2.05, 4.69) is 15.5 Å². The van der Waals surface area contributed by atoms with Crippen LogP contribution in [0.1, 0.15) is 37.0 Å². The van der Waals surface area contributed by atoms with Crippen LogP contribution < -0.4 is 5.32 Å². The zero-order valence-electron chi connectivity index (χ0n) is 13.0. The van der Waals surface area contributed by atoms with E-state index in [0.29, 0.717) is 18.1 Å². The number of nitrogens with zero attached hydrogens (tertiary/aromatic N) is 2. The van der Waals surface area contributed by atoms with Crippen molar-refractivity contribution in [3.63, 3.8) is 0 Å². The molecule has 1 N–H and O–H groups in total. The molecule has 0 bridgehead atoms. The van der Waals surface area contributed by atoms with Gasteiger partial charge in [-0.25, -0.2) is 8.42 Å². The Hall–Kier alpha value is -1.74. The minimum atomic E-state index is -3.00. The number of amides is 1. The Morgan fingerprint density at radius 1 is 1.43 bits per heavy atom. The number of fused-ring (bicyclic) bond motifs is 1. The van der Waals surface area contributed by atoms with Gasteiger partial charge >= 0.3 is 0 Å². The fourth-order valence-electron chi connectivity index (χ4n) is 2.54. The van der Waals surface area contributed by atoms with Crippen LogP contribution in [0.15, 0.2) is 10.6 Å². The van der Waals surface area contributed by atoms with Gasteiger partial charge in [0.1, 0.15) is 0 Å². The van der Waals surface area contributed by atoms with Crippen LogP contribution in [0.4, 0.5) is 0 Å². The van der Waals surface area contributed by atoms with Crippen molar-refractivity contribution in [3.05, 3.63) is 22.3 Å². The number of carbonyl (C=O) groups is 1. The second-order valence-corrected chi connectivity index (χ2v) is 9.45. The molecule has 0 spiro atoms. The SMILES string of the molecule is CC(=O)NC(C)(C)c1noc(-c2cc3c(s2)CCS(=O)(=O)C3)n1. The molecular weight excluding hydrogens is 338 g/mol. The third-order valence-electron chi connectivity index (χ3n) is 3.60. The second kappa shape index (κ2) is 5.41. The number of sulfone groups is 1. The Bertz CT molecular complexity index is 864. The van der Waals surface area contributed by atoms with Crippen LogP contribution in [0.2, 0.25) is 0 Å². The summed E-state index contributed by atoms with van der Waals surface area (Å²) in [4.78, 5) is 17.4. The van der Waals surface area contributed by atoms with Crippen LogP contribution in [-0.4, -0.2) is 30.2 Å². The van der Waals surface area contributed by atoms with Gasteiger partial charge in [-0.15, -0.1) is 11.3 Å². The molecule has 3 rings (SSSR count). The van der Waals surface area contributed by atoms with Crippen LogP contribution in [0, 0.1) is 0 Å². The Labute approximate surface area is 138 Å². The first-order valence-corrected chi connectivity index (χ1v) is 9.75. The predicted octanol–water partition coefficient (Wildman–Crippen LogP) is 1.64. The molecule has 124 valence electrons. The summed E-state index contributed by atoms with van der Waals surface area (Å²) in [6, 6.07) is 1.80. The van der Waals surface area contributed by atoms with E-state index in [1.54, 1.807) is 19.9 Å². The summed E-state index contributed by atoms with van der Waals surface area (Å²) in [6.07, 6.45) is 0.528. The number of thiophene rings is 1. The lowest BCUT2D eigenvalue weighted by molar-refractivity contribution is -0.120. The molecule has 0 radical (unpaired) electrons. The van der Waals surface area contributed by atoms with Crippen molar-refractivity contribution in [2.45, 2.75) is 38.5 Å². The zero-order chi connectivity index (χ0) is 16.8. The minimum Gasteiger partial charge on any atom is -0.344 e. The van der Waals surface area contributed by atoms with Crippen molar-refractivity contribution in [1.82, 2.24) is 15.5 Å².